The van der Waals surface area contributed by atoms with E-state index in [4.69, 9.17) is 0 Å². The molecule has 0 saturated carbocycles. The van der Waals surface area contributed by atoms with Gasteiger partial charge < -0.3 is 14.4 Å². The molecule has 4 aromatic rings. The van der Waals surface area contributed by atoms with Crippen molar-refractivity contribution in [3.8, 4) is 0 Å². The molecule has 0 spiro atoms. The number of aromatic nitrogens is 1. The molecule has 0 bridgehead atoms. The molecule has 176 valence electrons. The number of nitrogens with zero attached hydrogens (tertiary/aromatic N) is 3. The molecular formula is C29H27N3O3. The lowest BCUT2D eigenvalue weighted by Crippen LogP contribution is -2.52. The van der Waals surface area contributed by atoms with Crippen molar-refractivity contribution in [2.24, 2.45) is 0 Å². The number of rotatable bonds is 5. The SMILES string of the molecule is Cc1ccc(Cn2cc(C(=O)C(=O)N3CCN(C(=O)c4ccccc4)CC3)c3ccccc32)cc1. The molecule has 1 fully saturated rings. The van der Waals surface area contributed by atoms with Crippen molar-refractivity contribution in [3.05, 3.63) is 107 Å². The molecule has 35 heavy (non-hydrogen) atoms. The molecular weight excluding hydrogens is 438 g/mol. The summed E-state index contributed by atoms with van der Waals surface area (Å²) in [5.74, 6) is -1.08. The topological polar surface area (TPSA) is 62.6 Å². The molecule has 2 amide bonds. The maximum Gasteiger partial charge on any atom is 0.295 e. The smallest absolute Gasteiger partial charge is 0.295 e. The van der Waals surface area contributed by atoms with Crippen LogP contribution in [-0.2, 0) is 11.3 Å². The molecule has 0 atom stereocenters. The molecule has 5 rings (SSSR count). The quantitative estimate of drug-likeness (QED) is 0.328. The second kappa shape index (κ2) is 9.58. The van der Waals surface area contributed by atoms with Gasteiger partial charge in [-0.1, -0.05) is 66.2 Å². The summed E-state index contributed by atoms with van der Waals surface area (Å²) in [4.78, 5) is 42.5. The standard InChI is InChI=1S/C29H27N3O3/c1-21-11-13-22(14-12-21)19-32-20-25(24-9-5-6-10-26(24)32)27(33)29(35)31-17-15-30(16-18-31)28(34)23-7-3-2-4-8-23/h2-14,20H,15-19H2,1H3. The predicted octanol–water partition coefficient (Wildman–Crippen LogP) is 4.17. The van der Waals surface area contributed by atoms with E-state index in [1.807, 2.05) is 47.0 Å². The maximum atomic E-state index is 13.3. The number of Topliss-reactive ketones (excluding diaryl/α,β-unsaturated/α-hetero) is 1. The predicted molar refractivity (Wildman–Crippen MR) is 135 cm³/mol. The van der Waals surface area contributed by atoms with Crippen molar-refractivity contribution in [3.63, 3.8) is 0 Å². The van der Waals surface area contributed by atoms with E-state index in [1.54, 1.807) is 28.1 Å². The molecule has 6 heteroatoms. The van der Waals surface area contributed by atoms with Crippen LogP contribution < -0.4 is 0 Å². The van der Waals surface area contributed by atoms with Crippen LogP contribution in [0, 0.1) is 6.92 Å². The number of hydrogen-bond donors (Lipinski definition) is 0. The Hall–Kier alpha value is -4.19. The highest BCUT2D eigenvalue weighted by molar-refractivity contribution is 6.44. The highest BCUT2D eigenvalue weighted by atomic mass is 16.2. The third-order valence-corrected chi connectivity index (χ3v) is 6.58. The minimum absolute atomic E-state index is 0.0526. The van der Waals surface area contributed by atoms with E-state index >= 15 is 0 Å². The first-order valence-corrected chi connectivity index (χ1v) is 11.8. The van der Waals surface area contributed by atoms with E-state index in [-0.39, 0.29) is 5.91 Å². The molecule has 3 aromatic carbocycles. The number of amides is 2. The normalized spacial score (nSPS) is 13.7. The zero-order valence-corrected chi connectivity index (χ0v) is 19.7. The van der Waals surface area contributed by atoms with Crippen LogP contribution >= 0.6 is 0 Å². The molecule has 2 heterocycles. The minimum atomic E-state index is -0.518. The number of ketones is 1. The fourth-order valence-electron chi connectivity index (χ4n) is 4.58. The third kappa shape index (κ3) is 4.60. The number of aryl methyl sites for hydroxylation is 1. The van der Waals surface area contributed by atoms with E-state index in [2.05, 4.69) is 31.2 Å². The van der Waals surface area contributed by atoms with Crippen LogP contribution in [-0.4, -0.2) is 58.1 Å². The van der Waals surface area contributed by atoms with Crippen LogP contribution in [0.25, 0.3) is 10.9 Å². The lowest BCUT2D eigenvalue weighted by Gasteiger charge is -2.34. The average Bonchev–Trinajstić information content (AvgIpc) is 3.27. The summed E-state index contributed by atoms with van der Waals surface area (Å²) in [6.07, 6.45) is 1.79. The van der Waals surface area contributed by atoms with Gasteiger partial charge in [0, 0.05) is 55.4 Å². The molecule has 6 nitrogen and oxygen atoms in total. The van der Waals surface area contributed by atoms with Gasteiger partial charge in [-0.05, 0) is 30.7 Å². The highest BCUT2D eigenvalue weighted by Gasteiger charge is 2.30. The largest absolute Gasteiger partial charge is 0.342 e. The van der Waals surface area contributed by atoms with Crippen molar-refractivity contribution in [2.75, 3.05) is 26.2 Å². The van der Waals surface area contributed by atoms with Crippen molar-refractivity contribution in [1.29, 1.82) is 0 Å². The van der Waals surface area contributed by atoms with Gasteiger partial charge in [0.2, 0.25) is 0 Å². The van der Waals surface area contributed by atoms with Gasteiger partial charge in [-0.25, -0.2) is 0 Å². The molecule has 1 saturated heterocycles. The zero-order valence-electron chi connectivity index (χ0n) is 19.7. The number of benzene rings is 3. The first-order valence-electron chi connectivity index (χ1n) is 11.8. The summed E-state index contributed by atoms with van der Waals surface area (Å²) in [7, 11) is 0. The van der Waals surface area contributed by atoms with Gasteiger partial charge in [-0.3, -0.25) is 14.4 Å². The van der Waals surface area contributed by atoms with Crippen LogP contribution in [0.15, 0.2) is 85.1 Å². The molecule has 1 aliphatic heterocycles. The molecule has 0 radical (unpaired) electrons. The number of fused-ring (bicyclic) bond motifs is 1. The van der Waals surface area contributed by atoms with Gasteiger partial charge in [0.25, 0.3) is 17.6 Å². The van der Waals surface area contributed by atoms with E-state index in [0.717, 1.165) is 16.5 Å². The molecule has 1 aliphatic rings. The number of carbonyl (C=O) groups excluding carboxylic acids is 3. The van der Waals surface area contributed by atoms with Crippen molar-refractivity contribution >= 4 is 28.5 Å². The Balaban J connectivity index is 1.32. The monoisotopic (exact) mass is 465 g/mol. The number of para-hydroxylation sites is 1. The maximum absolute atomic E-state index is 13.3. The van der Waals surface area contributed by atoms with Gasteiger partial charge in [-0.2, -0.15) is 0 Å². The van der Waals surface area contributed by atoms with E-state index in [1.165, 1.54) is 5.56 Å². The van der Waals surface area contributed by atoms with Crippen LogP contribution in [0.4, 0.5) is 0 Å². The number of carbonyl (C=O) groups is 3. The second-order valence-corrected chi connectivity index (χ2v) is 8.95. The van der Waals surface area contributed by atoms with Gasteiger partial charge in [-0.15, -0.1) is 0 Å². The Bertz CT molecular complexity index is 1380. The van der Waals surface area contributed by atoms with Crippen LogP contribution in [0.3, 0.4) is 0 Å². The first kappa shape index (κ1) is 22.6. The summed E-state index contributed by atoms with van der Waals surface area (Å²) in [6.45, 7) is 4.15. The Kier molecular flexibility index (Phi) is 6.19. The van der Waals surface area contributed by atoms with Crippen molar-refractivity contribution < 1.29 is 14.4 Å². The van der Waals surface area contributed by atoms with E-state index < -0.39 is 11.7 Å². The van der Waals surface area contributed by atoms with Gasteiger partial charge >= 0.3 is 0 Å². The molecule has 1 aromatic heterocycles. The number of piperazine rings is 1. The summed E-state index contributed by atoms with van der Waals surface area (Å²) in [5, 5.41) is 0.774. The Morgan fingerprint density at radius 3 is 2.09 bits per heavy atom. The Labute approximate surface area is 204 Å². The fourth-order valence-corrected chi connectivity index (χ4v) is 4.58. The van der Waals surface area contributed by atoms with Crippen molar-refractivity contribution in [2.45, 2.75) is 13.5 Å². The lowest BCUT2D eigenvalue weighted by atomic mass is 10.1. The van der Waals surface area contributed by atoms with E-state index in [0.29, 0.717) is 43.9 Å². The third-order valence-electron chi connectivity index (χ3n) is 6.58. The summed E-state index contributed by atoms with van der Waals surface area (Å²) in [6, 6.07) is 25.1. The van der Waals surface area contributed by atoms with Crippen LogP contribution in [0.2, 0.25) is 0 Å². The average molecular weight is 466 g/mol. The summed E-state index contributed by atoms with van der Waals surface area (Å²) >= 11 is 0. The summed E-state index contributed by atoms with van der Waals surface area (Å²) in [5.41, 5.74) is 4.28. The molecule has 0 aliphatic carbocycles. The van der Waals surface area contributed by atoms with E-state index in [9.17, 15) is 14.4 Å². The van der Waals surface area contributed by atoms with Crippen LogP contribution in [0.1, 0.15) is 31.8 Å². The molecule has 0 N–H and O–H groups in total. The first-order chi connectivity index (χ1) is 17.0. The van der Waals surface area contributed by atoms with Gasteiger partial charge in [0.1, 0.15) is 0 Å². The fraction of sp³-hybridized carbons (Fsp3) is 0.207. The zero-order chi connectivity index (χ0) is 24.4. The minimum Gasteiger partial charge on any atom is -0.342 e. The Morgan fingerprint density at radius 2 is 1.37 bits per heavy atom. The van der Waals surface area contributed by atoms with Gasteiger partial charge in [0.15, 0.2) is 0 Å². The Morgan fingerprint density at radius 1 is 0.743 bits per heavy atom. The lowest BCUT2D eigenvalue weighted by molar-refractivity contribution is -0.127. The van der Waals surface area contributed by atoms with Crippen LogP contribution in [0.5, 0.6) is 0 Å². The second-order valence-electron chi connectivity index (χ2n) is 8.95. The van der Waals surface area contributed by atoms with Crippen molar-refractivity contribution in [1.82, 2.24) is 14.4 Å². The summed E-state index contributed by atoms with van der Waals surface area (Å²) < 4.78 is 2.02. The van der Waals surface area contributed by atoms with Gasteiger partial charge in [0.05, 0.1) is 5.56 Å². The highest BCUT2D eigenvalue weighted by Crippen LogP contribution is 2.24. The molecule has 0 unspecified atom stereocenters. The number of hydrogen-bond acceptors (Lipinski definition) is 3.